The van der Waals surface area contributed by atoms with Crippen LogP contribution in [-0.2, 0) is 0 Å². The van der Waals surface area contributed by atoms with Crippen LogP contribution >= 0.6 is 27.5 Å². The number of phenols is 1. The molecule has 1 aromatic rings. The maximum atomic E-state index is 9.59. The molecular formula is C10H4BrClN2O. The Morgan fingerprint density at radius 2 is 2.00 bits per heavy atom. The SMILES string of the molecule is N#CC(C#N)=Cc1c(Br)ccc(Cl)c1O. The van der Waals surface area contributed by atoms with Gasteiger partial charge in [0.2, 0.25) is 0 Å². The second kappa shape index (κ2) is 4.84. The van der Waals surface area contributed by atoms with Crippen molar-refractivity contribution in [3.05, 3.63) is 32.8 Å². The quantitative estimate of drug-likeness (QED) is 0.804. The predicted molar refractivity (Wildman–Crippen MR) is 60.0 cm³/mol. The van der Waals surface area contributed by atoms with Gasteiger partial charge in [-0.3, -0.25) is 0 Å². The molecule has 0 spiro atoms. The Morgan fingerprint density at radius 1 is 1.40 bits per heavy atom. The van der Waals surface area contributed by atoms with Crippen molar-refractivity contribution < 1.29 is 5.11 Å². The van der Waals surface area contributed by atoms with Gasteiger partial charge >= 0.3 is 0 Å². The van der Waals surface area contributed by atoms with Gasteiger partial charge in [0.15, 0.2) is 0 Å². The summed E-state index contributed by atoms with van der Waals surface area (Å²) in [4.78, 5) is 0. The van der Waals surface area contributed by atoms with Crippen LogP contribution in [-0.4, -0.2) is 5.11 Å². The van der Waals surface area contributed by atoms with Gasteiger partial charge in [0.25, 0.3) is 0 Å². The van der Waals surface area contributed by atoms with Crippen LogP contribution < -0.4 is 0 Å². The van der Waals surface area contributed by atoms with E-state index < -0.39 is 0 Å². The van der Waals surface area contributed by atoms with Gasteiger partial charge in [-0.05, 0) is 18.2 Å². The summed E-state index contributed by atoms with van der Waals surface area (Å²) >= 11 is 8.88. The molecule has 3 nitrogen and oxygen atoms in total. The predicted octanol–water partition coefficient (Wildman–Crippen LogP) is 3.24. The molecule has 1 aromatic carbocycles. The van der Waals surface area contributed by atoms with Crippen molar-refractivity contribution in [1.82, 2.24) is 0 Å². The Balaban J connectivity index is 3.40. The van der Waals surface area contributed by atoms with E-state index in [9.17, 15) is 5.11 Å². The molecule has 0 unspecified atom stereocenters. The summed E-state index contributed by atoms with van der Waals surface area (Å²) in [5, 5.41) is 26.9. The molecule has 0 fully saturated rings. The van der Waals surface area contributed by atoms with Gasteiger partial charge in [0.05, 0.1) is 5.02 Å². The third-order valence-corrected chi connectivity index (χ3v) is 2.64. The van der Waals surface area contributed by atoms with Gasteiger partial charge in [-0.2, -0.15) is 10.5 Å². The molecule has 5 heteroatoms. The Hall–Kier alpha value is -1.49. The van der Waals surface area contributed by atoms with Gasteiger partial charge in [-0.1, -0.05) is 27.5 Å². The minimum absolute atomic E-state index is 0.103. The Kier molecular flexibility index (Phi) is 3.74. The van der Waals surface area contributed by atoms with Crippen LogP contribution in [0.2, 0.25) is 5.02 Å². The van der Waals surface area contributed by atoms with E-state index in [4.69, 9.17) is 22.1 Å². The molecule has 0 radical (unpaired) electrons. The smallest absolute Gasteiger partial charge is 0.142 e. The normalized spacial score (nSPS) is 8.80. The minimum Gasteiger partial charge on any atom is -0.506 e. The number of nitrogens with zero attached hydrogens (tertiary/aromatic N) is 2. The number of halogens is 2. The van der Waals surface area contributed by atoms with Gasteiger partial charge in [0.1, 0.15) is 23.5 Å². The fourth-order valence-corrected chi connectivity index (χ4v) is 1.53. The van der Waals surface area contributed by atoms with Crippen LogP contribution in [0.25, 0.3) is 6.08 Å². The zero-order valence-corrected chi connectivity index (χ0v) is 9.67. The van der Waals surface area contributed by atoms with E-state index in [0.717, 1.165) is 0 Å². The molecule has 1 rings (SSSR count). The second-order valence-electron chi connectivity index (χ2n) is 2.57. The monoisotopic (exact) mass is 282 g/mol. The lowest BCUT2D eigenvalue weighted by Crippen LogP contribution is -1.81. The molecule has 74 valence electrons. The number of phenolic OH excluding ortho intramolecular Hbond substituents is 1. The van der Waals surface area contributed by atoms with Crippen molar-refractivity contribution in [3.8, 4) is 17.9 Å². The molecule has 0 amide bonds. The van der Waals surface area contributed by atoms with Crippen LogP contribution in [0.4, 0.5) is 0 Å². The van der Waals surface area contributed by atoms with E-state index in [1.54, 1.807) is 18.2 Å². The summed E-state index contributed by atoms with van der Waals surface area (Å²) in [5.41, 5.74) is 0.217. The van der Waals surface area contributed by atoms with Gasteiger partial charge in [0, 0.05) is 10.0 Å². The number of nitriles is 2. The number of rotatable bonds is 1. The largest absolute Gasteiger partial charge is 0.506 e. The van der Waals surface area contributed by atoms with Crippen molar-refractivity contribution >= 4 is 33.6 Å². The lowest BCUT2D eigenvalue weighted by molar-refractivity contribution is 0.474. The molecule has 0 aromatic heterocycles. The molecule has 0 saturated carbocycles. The number of benzene rings is 1. The minimum atomic E-state index is -0.158. The molecule has 0 aliphatic heterocycles. The summed E-state index contributed by atoms with van der Waals surface area (Å²) in [6.07, 6.45) is 1.27. The van der Waals surface area contributed by atoms with Gasteiger partial charge < -0.3 is 5.11 Å². The summed E-state index contributed by atoms with van der Waals surface area (Å²) < 4.78 is 0.562. The maximum Gasteiger partial charge on any atom is 0.142 e. The molecule has 0 heterocycles. The van der Waals surface area contributed by atoms with E-state index in [0.29, 0.717) is 10.0 Å². The van der Waals surface area contributed by atoms with Crippen molar-refractivity contribution in [2.75, 3.05) is 0 Å². The van der Waals surface area contributed by atoms with Crippen molar-refractivity contribution in [2.24, 2.45) is 0 Å². The fraction of sp³-hybridized carbons (Fsp3) is 0. The Bertz CT molecular complexity index is 495. The first-order valence-corrected chi connectivity index (χ1v) is 4.96. The number of hydrogen-bond acceptors (Lipinski definition) is 3. The van der Waals surface area contributed by atoms with E-state index in [2.05, 4.69) is 15.9 Å². The average molecular weight is 284 g/mol. The average Bonchev–Trinajstić information content (AvgIpc) is 2.24. The standard InChI is InChI=1S/C10H4BrClN2O/c11-8-1-2-9(12)10(15)7(8)3-6(4-13)5-14/h1-3,15H. The first-order chi connectivity index (χ1) is 7.10. The molecular weight excluding hydrogens is 279 g/mol. The topological polar surface area (TPSA) is 67.8 Å². The van der Waals surface area contributed by atoms with Crippen LogP contribution in [0.1, 0.15) is 5.56 Å². The lowest BCUT2D eigenvalue weighted by Gasteiger charge is -2.03. The summed E-state index contributed by atoms with van der Waals surface area (Å²) in [6, 6.07) is 6.53. The molecule has 0 aliphatic rings. The summed E-state index contributed by atoms with van der Waals surface area (Å²) in [7, 11) is 0. The second-order valence-corrected chi connectivity index (χ2v) is 3.83. The lowest BCUT2D eigenvalue weighted by atomic mass is 10.1. The van der Waals surface area contributed by atoms with Crippen LogP contribution in [0, 0.1) is 22.7 Å². The number of aromatic hydroxyl groups is 1. The van der Waals surface area contributed by atoms with Crippen molar-refractivity contribution in [1.29, 1.82) is 10.5 Å². The molecule has 1 N–H and O–H groups in total. The number of allylic oxidation sites excluding steroid dienone is 1. The van der Waals surface area contributed by atoms with E-state index in [1.165, 1.54) is 12.1 Å². The first kappa shape index (κ1) is 11.6. The zero-order chi connectivity index (χ0) is 11.4. The van der Waals surface area contributed by atoms with Gasteiger partial charge in [-0.25, -0.2) is 0 Å². The van der Waals surface area contributed by atoms with Crippen LogP contribution in [0.3, 0.4) is 0 Å². The Labute approximate surface area is 100.0 Å². The molecule has 0 atom stereocenters. The van der Waals surface area contributed by atoms with E-state index in [1.807, 2.05) is 0 Å². The highest BCUT2D eigenvalue weighted by atomic mass is 79.9. The van der Waals surface area contributed by atoms with Crippen LogP contribution in [0.15, 0.2) is 22.2 Å². The van der Waals surface area contributed by atoms with E-state index >= 15 is 0 Å². The maximum absolute atomic E-state index is 9.59. The third kappa shape index (κ3) is 2.50. The van der Waals surface area contributed by atoms with E-state index in [-0.39, 0.29) is 16.3 Å². The Morgan fingerprint density at radius 3 is 2.53 bits per heavy atom. The third-order valence-electron chi connectivity index (χ3n) is 1.64. The molecule has 0 saturated heterocycles. The fourth-order valence-electron chi connectivity index (χ4n) is 0.928. The highest BCUT2D eigenvalue weighted by Crippen LogP contribution is 2.34. The van der Waals surface area contributed by atoms with Crippen LogP contribution in [0.5, 0.6) is 5.75 Å². The zero-order valence-electron chi connectivity index (χ0n) is 7.33. The molecule has 0 bridgehead atoms. The summed E-state index contributed by atoms with van der Waals surface area (Å²) in [6.45, 7) is 0. The highest BCUT2D eigenvalue weighted by Gasteiger charge is 2.08. The summed E-state index contributed by atoms with van der Waals surface area (Å²) in [5.74, 6) is -0.158. The molecule has 15 heavy (non-hydrogen) atoms. The molecule has 0 aliphatic carbocycles. The van der Waals surface area contributed by atoms with Crippen molar-refractivity contribution in [2.45, 2.75) is 0 Å². The van der Waals surface area contributed by atoms with Crippen molar-refractivity contribution in [3.63, 3.8) is 0 Å². The first-order valence-electron chi connectivity index (χ1n) is 3.79. The highest BCUT2D eigenvalue weighted by molar-refractivity contribution is 9.10. The number of hydrogen-bond donors (Lipinski definition) is 1. The van der Waals surface area contributed by atoms with Gasteiger partial charge in [-0.15, -0.1) is 0 Å².